The van der Waals surface area contributed by atoms with Crippen LogP contribution in [-0.2, 0) is 6.42 Å². The number of nitrogens with one attached hydrogen (secondary N) is 1. The van der Waals surface area contributed by atoms with E-state index >= 15 is 0 Å². The summed E-state index contributed by atoms with van der Waals surface area (Å²) in [4.78, 5) is 10.3. The molecular weight excluding hydrogens is 238 g/mol. The predicted molar refractivity (Wildman–Crippen MR) is 71.5 cm³/mol. The van der Waals surface area contributed by atoms with E-state index < -0.39 is 0 Å². The summed E-state index contributed by atoms with van der Waals surface area (Å²) in [5.74, 6) is 0. The second kappa shape index (κ2) is 4.93. The van der Waals surface area contributed by atoms with E-state index in [0.29, 0.717) is 0 Å². The molecule has 0 fully saturated rings. The lowest BCUT2D eigenvalue weighted by Gasteiger charge is -1.96. The Morgan fingerprint density at radius 1 is 1.38 bits per heavy atom. The molecule has 1 N–H and O–H groups in total. The van der Waals surface area contributed by atoms with E-state index in [1.165, 1.54) is 10.6 Å². The molecule has 3 nitrogen and oxygen atoms in total. The van der Waals surface area contributed by atoms with Gasteiger partial charge in [0.25, 0.3) is 0 Å². The smallest absolute Gasteiger partial charge is 0.182 e. The Morgan fingerprint density at radius 2 is 2.19 bits per heavy atom. The van der Waals surface area contributed by atoms with E-state index in [1.54, 1.807) is 22.7 Å². The van der Waals surface area contributed by atoms with E-state index in [4.69, 9.17) is 0 Å². The van der Waals surface area contributed by atoms with Crippen molar-refractivity contribution in [3.8, 4) is 10.6 Å². The second-order valence-corrected chi connectivity index (χ2v) is 5.61. The van der Waals surface area contributed by atoms with Crippen molar-refractivity contribution < 1.29 is 0 Å². The quantitative estimate of drug-likeness (QED) is 0.905. The van der Waals surface area contributed by atoms with Gasteiger partial charge in [-0.15, -0.1) is 22.7 Å². The van der Waals surface area contributed by atoms with Gasteiger partial charge in [-0.25, -0.2) is 9.97 Å². The van der Waals surface area contributed by atoms with E-state index in [1.807, 2.05) is 7.05 Å². The van der Waals surface area contributed by atoms with Gasteiger partial charge in [-0.2, -0.15) is 0 Å². The SMILES string of the molecule is CCCc1nc(C)sc1-c1csc(NC)n1. The summed E-state index contributed by atoms with van der Waals surface area (Å²) in [5, 5.41) is 7.25. The molecule has 0 aliphatic heterocycles. The molecule has 86 valence electrons. The third-order valence-corrected chi connectivity index (χ3v) is 4.14. The first-order valence-corrected chi connectivity index (χ1v) is 7.04. The van der Waals surface area contributed by atoms with Gasteiger partial charge in [0.05, 0.1) is 21.3 Å². The predicted octanol–water partition coefficient (Wildman–Crippen LogP) is 3.57. The fourth-order valence-corrected chi connectivity index (χ4v) is 3.23. The van der Waals surface area contributed by atoms with Gasteiger partial charge in [0.1, 0.15) is 0 Å². The number of anilines is 1. The number of nitrogens with zero attached hydrogens (tertiary/aromatic N) is 2. The van der Waals surface area contributed by atoms with Gasteiger partial charge in [-0.1, -0.05) is 13.3 Å². The molecule has 0 aliphatic rings. The second-order valence-electron chi connectivity index (χ2n) is 3.55. The van der Waals surface area contributed by atoms with E-state index in [-0.39, 0.29) is 0 Å². The molecule has 2 aromatic rings. The van der Waals surface area contributed by atoms with Crippen LogP contribution in [0.2, 0.25) is 0 Å². The maximum Gasteiger partial charge on any atom is 0.182 e. The summed E-state index contributed by atoms with van der Waals surface area (Å²) in [6, 6.07) is 0. The topological polar surface area (TPSA) is 37.8 Å². The Labute approximate surface area is 104 Å². The van der Waals surface area contributed by atoms with Crippen molar-refractivity contribution in [2.75, 3.05) is 12.4 Å². The van der Waals surface area contributed by atoms with Crippen molar-refractivity contribution in [2.45, 2.75) is 26.7 Å². The van der Waals surface area contributed by atoms with Crippen LogP contribution in [0, 0.1) is 6.92 Å². The van der Waals surface area contributed by atoms with Gasteiger partial charge in [0.15, 0.2) is 5.13 Å². The lowest BCUT2D eigenvalue weighted by molar-refractivity contribution is 0.889. The van der Waals surface area contributed by atoms with Crippen molar-refractivity contribution in [3.05, 3.63) is 16.1 Å². The van der Waals surface area contributed by atoms with Crippen molar-refractivity contribution in [1.82, 2.24) is 9.97 Å². The average molecular weight is 253 g/mol. The first-order valence-electron chi connectivity index (χ1n) is 5.34. The highest BCUT2D eigenvalue weighted by atomic mass is 32.1. The molecule has 0 atom stereocenters. The van der Waals surface area contributed by atoms with Crippen LogP contribution in [0.1, 0.15) is 24.0 Å². The fraction of sp³-hybridized carbons (Fsp3) is 0.455. The van der Waals surface area contributed by atoms with Crippen molar-refractivity contribution in [3.63, 3.8) is 0 Å². The first-order chi connectivity index (χ1) is 7.74. The van der Waals surface area contributed by atoms with Crippen LogP contribution in [-0.4, -0.2) is 17.0 Å². The first kappa shape index (κ1) is 11.5. The molecule has 0 aromatic carbocycles. The highest BCUT2D eigenvalue weighted by molar-refractivity contribution is 7.16. The minimum Gasteiger partial charge on any atom is -0.365 e. The lowest BCUT2D eigenvalue weighted by Crippen LogP contribution is -1.89. The number of thiazole rings is 2. The van der Waals surface area contributed by atoms with Crippen LogP contribution in [0.3, 0.4) is 0 Å². The minimum atomic E-state index is 0.962. The Morgan fingerprint density at radius 3 is 2.81 bits per heavy atom. The van der Waals surface area contributed by atoms with E-state index in [2.05, 4.69) is 34.5 Å². The lowest BCUT2D eigenvalue weighted by atomic mass is 10.2. The van der Waals surface area contributed by atoms with Gasteiger partial charge in [0.2, 0.25) is 0 Å². The molecule has 16 heavy (non-hydrogen) atoms. The summed E-state index contributed by atoms with van der Waals surface area (Å²) in [7, 11) is 1.90. The van der Waals surface area contributed by atoms with Crippen LogP contribution in [0.5, 0.6) is 0 Å². The summed E-state index contributed by atoms with van der Waals surface area (Å²) in [5.41, 5.74) is 2.25. The zero-order chi connectivity index (χ0) is 11.5. The normalized spacial score (nSPS) is 10.7. The number of rotatable bonds is 4. The average Bonchev–Trinajstić information content (AvgIpc) is 2.85. The van der Waals surface area contributed by atoms with Crippen LogP contribution < -0.4 is 5.32 Å². The largest absolute Gasteiger partial charge is 0.365 e. The van der Waals surface area contributed by atoms with Crippen LogP contribution in [0.25, 0.3) is 10.6 Å². The Kier molecular flexibility index (Phi) is 3.56. The molecule has 0 radical (unpaired) electrons. The molecule has 0 saturated carbocycles. The number of hydrogen-bond donors (Lipinski definition) is 1. The van der Waals surface area contributed by atoms with Gasteiger partial charge in [-0.3, -0.25) is 0 Å². The molecule has 0 saturated heterocycles. The summed E-state index contributed by atoms with van der Waals surface area (Å²) in [6.07, 6.45) is 2.16. The van der Waals surface area contributed by atoms with Gasteiger partial charge < -0.3 is 5.32 Å². The Bertz CT molecular complexity index is 473. The third-order valence-electron chi connectivity index (χ3n) is 2.24. The van der Waals surface area contributed by atoms with Crippen LogP contribution in [0.4, 0.5) is 5.13 Å². The fourth-order valence-electron chi connectivity index (χ4n) is 1.57. The highest BCUT2D eigenvalue weighted by Gasteiger charge is 2.13. The Hall–Kier alpha value is -0.940. The van der Waals surface area contributed by atoms with E-state index in [0.717, 1.165) is 28.7 Å². The number of hydrogen-bond acceptors (Lipinski definition) is 5. The highest BCUT2D eigenvalue weighted by Crippen LogP contribution is 2.32. The molecule has 0 unspecified atom stereocenters. The summed E-state index contributed by atoms with van der Waals surface area (Å²) in [6.45, 7) is 4.23. The molecule has 0 spiro atoms. The Balaban J connectivity index is 2.37. The molecule has 0 aliphatic carbocycles. The molecule has 2 rings (SSSR count). The molecule has 5 heteroatoms. The minimum absolute atomic E-state index is 0.962. The zero-order valence-corrected chi connectivity index (χ0v) is 11.3. The maximum atomic E-state index is 4.57. The molecular formula is C11H15N3S2. The number of aromatic nitrogens is 2. The molecule has 0 bridgehead atoms. The van der Waals surface area contributed by atoms with Crippen molar-refractivity contribution in [2.24, 2.45) is 0 Å². The van der Waals surface area contributed by atoms with Gasteiger partial charge in [0, 0.05) is 12.4 Å². The van der Waals surface area contributed by atoms with E-state index in [9.17, 15) is 0 Å². The third kappa shape index (κ3) is 2.25. The van der Waals surface area contributed by atoms with Gasteiger partial charge in [-0.05, 0) is 13.3 Å². The monoisotopic (exact) mass is 253 g/mol. The molecule has 0 amide bonds. The maximum absolute atomic E-state index is 4.57. The van der Waals surface area contributed by atoms with Gasteiger partial charge >= 0.3 is 0 Å². The number of aryl methyl sites for hydroxylation is 2. The van der Waals surface area contributed by atoms with Crippen LogP contribution >= 0.6 is 22.7 Å². The van der Waals surface area contributed by atoms with Crippen molar-refractivity contribution in [1.29, 1.82) is 0 Å². The standard InChI is InChI=1S/C11H15N3S2/c1-4-5-8-10(16-7(2)13-8)9-6-15-11(12-3)14-9/h6H,4-5H2,1-3H3,(H,12,14). The molecule has 2 aromatic heterocycles. The summed E-state index contributed by atoms with van der Waals surface area (Å²) < 4.78 is 0. The zero-order valence-electron chi connectivity index (χ0n) is 9.70. The van der Waals surface area contributed by atoms with Crippen LogP contribution in [0.15, 0.2) is 5.38 Å². The van der Waals surface area contributed by atoms with Crippen molar-refractivity contribution >= 4 is 27.8 Å². The summed E-state index contributed by atoms with van der Waals surface area (Å²) >= 11 is 3.37. The molecule has 2 heterocycles.